The highest BCUT2D eigenvalue weighted by molar-refractivity contribution is 5.82. The average molecular weight is 279 g/mol. The molecule has 0 aromatic carbocycles. The fraction of sp³-hybridized carbons (Fsp3) is 0.462. The summed E-state index contributed by atoms with van der Waals surface area (Å²) in [5, 5.41) is 23.3. The highest BCUT2D eigenvalue weighted by atomic mass is 16.5. The van der Waals surface area contributed by atoms with Gasteiger partial charge in [-0.05, 0) is 11.6 Å². The lowest BCUT2D eigenvalue weighted by molar-refractivity contribution is -0.00941. The van der Waals surface area contributed by atoms with Gasteiger partial charge in [0.1, 0.15) is 11.6 Å². The number of ether oxygens (including phenoxy) is 1. The van der Waals surface area contributed by atoms with E-state index in [2.05, 4.69) is 15.3 Å². The Balaban J connectivity index is 2.06. The third-order valence-electron chi connectivity index (χ3n) is 3.92. The topological polar surface area (TPSA) is 110 Å². The Labute approximate surface area is 114 Å². The Morgan fingerprint density at radius 3 is 2.90 bits per heavy atom. The highest BCUT2D eigenvalue weighted by Crippen LogP contribution is 2.32. The van der Waals surface area contributed by atoms with E-state index in [9.17, 15) is 15.0 Å². The largest absolute Gasteiger partial charge is 0.395 e. The second-order valence-electron chi connectivity index (χ2n) is 4.96. The summed E-state index contributed by atoms with van der Waals surface area (Å²) in [7, 11) is 1.52. The Bertz CT molecular complexity index is 665. The maximum Gasteiger partial charge on any atom is 0.272 e. The molecule has 0 spiro atoms. The number of methoxy groups -OCH3 is 1. The summed E-state index contributed by atoms with van der Waals surface area (Å²) in [6, 6.07) is 1.06. The molecule has 0 radical (unpaired) electrons. The van der Waals surface area contributed by atoms with Gasteiger partial charge in [-0.1, -0.05) is 0 Å². The minimum Gasteiger partial charge on any atom is -0.395 e. The molecular weight excluding hydrogens is 262 g/mol. The molecule has 3 heterocycles. The van der Waals surface area contributed by atoms with Crippen molar-refractivity contribution >= 4 is 10.9 Å². The Hall–Kier alpha value is -1.67. The van der Waals surface area contributed by atoms with E-state index in [0.29, 0.717) is 5.52 Å². The Morgan fingerprint density at radius 2 is 2.20 bits per heavy atom. The number of aromatic nitrogens is 2. The molecule has 0 aliphatic carbocycles. The number of H-pyrrole nitrogens is 2. The minimum atomic E-state index is -0.804. The molecule has 4 atom stereocenters. The Morgan fingerprint density at radius 1 is 1.40 bits per heavy atom. The number of rotatable bonds is 3. The van der Waals surface area contributed by atoms with Crippen molar-refractivity contribution in [3.8, 4) is 0 Å². The number of aromatic amines is 2. The predicted octanol–water partition coefficient (Wildman–Crippen LogP) is -0.763. The molecule has 1 aliphatic heterocycles. The first-order chi connectivity index (χ1) is 9.67. The standard InChI is InChI=1S/C13H17N3O4/c1-20-12-9(16-8(5-17)11(12)18)7-4-15-10-6(7)2-3-14-13(10)19/h2-4,8-9,11-12,15-18H,5H2,1H3,(H,14,19)/t8-,9+,11-,12+/m1/s1. The van der Waals surface area contributed by atoms with Crippen LogP contribution in [0.15, 0.2) is 23.3 Å². The van der Waals surface area contributed by atoms with E-state index in [4.69, 9.17) is 4.74 Å². The molecule has 0 unspecified atom stereocenters. The third kappa shape index (κ3) is 1.87. The molecule has 2 aromatic heterocycles. The van der Waals surface area contributed by atoms with Crippen molar-refractivity contribution in [3.05, 3.63) is 34.4 Å². The van der Waals surface area contributed by atoms with Crippen LogP contribution in [0.3, 0.4) is 0 Å². The maximum absolute atomic E-state index is 11.7. The summed E-state index contributed by atoms with van der Waals surface area (Å²) in [6.45, 7) is -0.180. The van der Waals surface area contributed by atoms with Crippen molar-refractivity contribution in [2.45, 2.75) is 24.3 Å². The highest BCUT2D eigenvalue weighted by Gasteiger charge is 2.43. The molecule has 1 fully saturated rings. The molecule has 0 amide bonds. The lowest BCUT2D eigenvalue weighted by Crippen LogP contribution is -2.36. The second-order valence-corrected chi connectivity index (χ2v) is 4.96. The number of hydrogen-bond donors (Lipinski definition) is 5. The van der Waals surface area contributed by atoms with Crippen LogP contribution in [-0.4, -0.2) is 52.1 Å². The number of hydrogen-bond acceptors (Lipinski definition) is 5. The Kier molecular flexibility index (Phi) is 3.35. The van der Waals surface area contributed by atoms with Crippen LogP contribution in [0.2, 0.25) is 0 Å². The van der Waals surface area contributed by atoms with Crippen LogP contribution in [0, 0.1) is 0 Å². The van der Waals surface area contributed by atoms with Crippen LogP contribution < -0.4 is 10.9 Å². The molecule has 108 valence electrons. The van der Waals surface area contributed by atoms with Gasteiger partial charge in [0.05, 0.1) is 24.8 Å². The normalized spacial score (nSPS) is 30.1. The molecule has 2 aromatic rings. The monoisotopic (exact) mass is 279 g/mol. The van der Waals surface area contributed by atoms with Crippen LogP contribution in [0.4, 0.5) is 0 Å². The summed E-state index contributed by atoms with van der Waals surface area (Å²) in [6.07, 6.45) is 2.03. The molecule has 0 saturated carbocycles. The first-order valence-electron chi connectivity index (χ1n) is 6.43. The summed E-state index contributed by atoms with van der Waals surface area (Å²) < 4.78 is 5.35. The summed E-state index contributed by atoms with van der Waals surface area (Å²) in [4.78, 5) is 17.3. The van der Waals surface area contributed by atoms with Gasteiger partial charge in [-0.3, -0.25) is 4.79 Å². The van der Waals surface area contributed by atoms with E-state index in [1.165, 1.54) is 7.11 Å². The minimum absolute atomic E-state index is 0.180. The lowest BCUT2D eigenvalue weighted by atomic mass is 10.0. The van der Waals surface area contributed by atoms with E-state index < -0.39 is 18.2 Å². The first kappa shape index (κ1) is 13.3. The van der Waals surface area contributed by atoms with Crippen LogP contribution in [0.1, 0.15) is 11.6 Å². The molecule has 1 aliphatic rings. The molecule has 7 nitrogen and oxygen atoms in total. The summed E-state index contributed by atoms with van der Waals surface area (Å²) >= 11 is 0. The van der Waals surface area contributed by atoms with Gasteiger partial charge < -0.3 is 30.2 Å². The molecule has 0 bridgehead atoms. The summed E-state index contributed by atoms with van der Waals surface area (Å²) in [5.74, 6) is 0. The molecule has 5 N–H and O–H groups in total. The van der Waals surface area contributed by atoms with Gasteiger partial charge >= 0.3 is 0 Å². The van der Waals surface area contributed by atoms with Crippen LogP contribution in [0.25, 0.3) is 10.9 Å². The lowest BCUT2D eigenvalue weighted by Gasteiger charge is -2.19. The smallest absolute Gasteiger partial charge is 0.272 e. The number of fused-ring (bicyclic) bond motifs is 1. The van der Waals surface area contributed by atoms with Crippen molar-refractivity contribution in [1.82, 2.24) is 15.3 Å². The molecular formula is C13H17N3O4. The fourth-order valence-electron chi connectivity index (χ4n) is 2.90. The zero-order chi connectivity index (χ0) is 14.3. The zero-order valence-corrected chi connectivity index (χ0v) is 11.0. The second kappa shape index (κ2) is 5.02. The number of aliphatic hydroxyl groups excluding tert-OH is 2. The molecule has 20 heavy (non-hydrogen) atoms. The van der Waals surface area contributed by atoms with Crippen molar-refractivity contribution in [1.29, 1.82) is 0 Å². The van der Waals surface area contributed by atoms with E-state index in [0.717, 1.165) is 10.9 Å². The van der Waals surface area contributed by atoms with Gasteiger partial charge in [0.15, 0.2) is 0 Å². The molecule has 1 saturated heterocycles. The van der Waals surface area contributed by atoms with Crippen molar-refractivity contribution in [2.24, 2.45) is 0 Å². The van der Waals surface area contributed by atoms with Gasteiger partial charge in [-0.15, -0.1) is 0 Å². The van der Waals surface area contributed by atoms with E-state index in [1.807, 2.05) is 0 Å². The van der Waals surface area contributed by atoms with Crippen LogP contribution in [0.5, 0.6) is 0 Å². The zero-order valence-electron chi connectivity index (χ0n) is 11.0. The van der Waals surface area contributed by atoms with E-state index in [-0.39, 0.29) is 18.2 Å². The van der Waals surface area contributed by atoms with Gasteiger partial charge in [0, 0.05) is 24.9 Å². The first-order valence-corrected chi connectivity index (χ1v) is 6.43. The van der Waals surface area contributed by atoms with Crippen molar-refractivity contribution in [3.63, 3.8) is 0 Å². The average Bonchev–Trinajstić information content (AvgIpc) is 3.00. The number of pyridine rings is 1. The quantitative estimate of drug-likeness (QED) is 0.507. The maximum atomic E-state index is 11.7. The van der Waals surface area contributed by atoms with Crippen LogP contribution in [-0.2, 0) is 4.74 Å². The van der Waals surface area contributed by atoms with Crippen LogP contribution >= 0.6 is 0 Å². The molecule has 3 rings (SSSR count). The predicted molar refractivity (Wildman–Crippen MR) is 72.5 cm³/mol. The van der Waals surface area contributed by atoms with Gasteiger partial charge in [-0.25, -0.2) is 0 Å². The van der Waals surface area contributed by atoms with E-state index >= 15 is 0 Å². The number of aliphatic hydroxyl groups is 2. The SMILES string of the molecule is CO[C@@H]1[C@H](O)[C@@H](CO)N[C@H]1c1c[nH]c2c(=O)[nH]ccc12. The van der Waals surface area contributed by atoms with Gasteiger partial charge in [-0.2, -0.15) is 0 Å². The molecule has 7 heteroatoms. The third-order valence-corrected chi connectivity index (χ3v) is 3.92. The fourth-order valence-corrected chi connectivity index (χ4v) is 2.90. The summed E-state index contributed by atoms with van der Waals surface area (Å²) in [5.41, 5.74) is 1.13. The number of nitrogens with one attached hydrogen (secondary N) is 3. The van der Waals surface area contributed by atoms with Gasteiger partial charge in [0.2, 0.25) is 0 Å². The van der Waals surface area contributed by atoms with Gasteiger partial charge in [0.25, 0.3) is 5.56 Å². The van der Waals surface area contributed by atoms with E-state index in [1.54, 1.807) is 18.5 Å². The van der Waals surface area contributed by atoms with Crippen molar-refractivity contribution < 1.29 is 14.9 Å². The van der Waals surface area contributed by atoms with Crippen molar-refractivity contribution in [2.75, 3.05) is 13.7 Å².